The van der Waals surface area contributed by atoms with Crippen molar-refractivity contribution in [2.75, 3.05) is 75.4 Å². The highest BCUT2D eigenvalue weighted by atomic mass is 16.6. The Kier molecular flexibility index (Phi) is 20.3. The molecule has 3 amide bonds. The van der Waals surface area contributed by atoms with Crippen LogP contribution in [0.25, 0.3) is 0 Å². The highest BCUT2D eigenvalue weighted by Crippen LogP contribution is 2.28. The number of carbonyl (C=O) groups is 5. The number of ether oxygens (including phenoxy) is 5. The number of esters is 2. The first-order valence-corrected chi connectivity index (χ1v) is 23.6. The summed E-state index contributed by atoms with van der Waals surface area (Å²) in [6.45, 7) is 30.9. The van der Waals surface area contributed by atoms with E-state index in [0.29, 0.717) is 37.6 Å². The van der Waals surface area contributed by atoms with Gasteiger partial charge in [-0.25, -0.2) is 14.4 Å². The van der Waals surface area contributed by atoms with Crippen molar-refractivity contribution in [1.82, 2.24) is 20.9 Å². The first kappa shape index (κ1) is 59.2. The number of anilines is 2. The molecule has 2 fully saturated rings. The fourth-order valence-corrected chi connectivity index (χ4v) is 6.74. The van der Waals surface area contributed by atoms with E-state index in [1.807, 2.05) is 30.6 Å². The van der Waals surface area contributed by atoms with Gasteiger partial charge in [-0.3, -0.25) is 29.8 Å². The second kappa shape index (κ2) is 24.3. The van der Waals surface area contributed by atoms with Crippen LogP contribution in [0.15, 0.2) is 36.4 Å². The van der Waals surface area contributed by atoms with E-state index in [-0.39, 0.29) is 30.0 Å². The average Bonchev–Trinajstić information content (AvgIpc) is 3.24. The van der Waals surface area contributed by atoms with Crippen molar-refractivity contribution in [3.63, 3.8) is 0 Å². The highest BCUT2D eigenvalue weighted by molar-refractivity contribution is 6.02. The molecule has 0 radical (unpaired) electrons. The largest absolute Gasteiger partial charge is 0.458 e. The predicted octanol–water partition coefficient (Wildman–Crippen LogP) is 6.17. The monoisotopic (exact) mass is 1000 g/mol. The van der Waals surface area contributed by atoms with E-state index in [2.05, 4.69) is 16.0 Å². The van der Waals surface area contributed by atoms with E-state index < -0.39 is 85.5 Å². The summed E-state index contributed by atoms with van der Waals surface area (Å²) in [4.78, 5) is 92.0. The van der Waals surface area contributed by atoms with Crippen LogP contribution in [0.3, 0.4) is 0 Å². The van der Waals surface area contributed by atoms with E-state index in [1.165, 1.54) is 24.3 Å². The number of hydrogen-bond acceptors (Lipinski definition) is 17. The lowest BCUT2D eigenvalue weighted by atomic mass is 10.1. The summed E-state index contributed by atoms with van der Waals surface area (Å²) in [7, 11) is 0. The fraction of sp³-hybridized carbons (Fsp3) is 0.653. The first-order valence-electron chi connectivity index (χ1n) is 23.6. The molecule has 0 saturated carbocycles. The summed E-state index contributed by atoms with van der Waals surface area (Å²) in [5, 5.41) is 31.7. The van der Waals surface area contributed by atoms with Crippen LogP contribution in [0, 0.1) is 20.2 Å². The van der Waals surface area contributed by atoms with Crippen molar-refractivity contribution in [1.29, 1.82) is 0 Å². The first-order chi connectivity index (χ1) is 32.5. The van der Waals surface area contributed by atoms with Gasteiger partial charge < -0.3 is 54.3 Å². The van der Waals surface area contributed by atoms with Crippen LogP contribution in [0.2, 0.25) is 0 Å². The lowest BCUT2D eigenvalue weighted by Crippen LogP contribution is -2.50. The Hall–Kier alpha value is -6.13. The summed E-state index contributed by atoms with van der Waals surface area (Å²) in [6, 6.07) is 6.39. The van der Waals surface area contributed by atoms with Gasteiger partial charge in [-0.1, -0.05) is 0 Å². The van der Waals surface area contributed by atoms with Gasteiger partial charge in [-0.15, -0.1) is 0 Å². The van der Waals surface area contributed by atoms with E-state index in [9.17, 15) is 44.2 Å². The minimum Gasteiger partial charge on any atom is -0.458 e. The molecule has 0 aromatic heterocycles. The quantitative estimate of drug-likeness (QED) is 0.0827. The van der Waals surface area contributed by atoms with Gasteiger partial charge in [-0.2, -0.15) is 0 Å². The second-order valence-corrected chi connectivity index (χ2v) is 22.1. The molecule has 2 aliphatic rings. The topological polar surface area (TPSA) is 264 Å². The maximum atomic E-state index is 13.3. The Morgan fingerprint density at radius 2 is 0.901 bits per heavy atom. The smallest absolute Gasteiger partial charge is 0.410 e. The van der Waals surface area contributed by atoms with Crippen LogP contribution < -0.4 is 25.8 Å². The lowest BCUT2D eigenvalue weighted by molar-refractivity contribution is -0.385. The third-order valence-electron chi connectivity index (χ3n) is 9.98. The Bertz CT molecular complexity index is 2210. The number of carbonyl (C=O) groups excluding carboxylic acids is 5. The van der Waals surface area contributed by atoms with E-state index in [0.717, 1.165) is 26.2 Å². The third-order valence-corrected chi connectivity index (χ3v) is 9.98. The lowest BCUT2D eigenvalue weighted by Gasteiger charge is -2.36. The van der Waals surface area contributed by atoms with Gasteiger partial charge >= 0.3 is 18.0 Å². The molecule has 22 heteroatoms. The Balaban J connectivity index is 0.000000383. The van der Waals surface area contributed by atoms with Crippen molar-refractivity contribution >= 4 is 52.6 Å². The number of benzene rings is 2. The fourth-order valence-electron chi connectivity index (χ4n) is 6.74. The van der Waals surface area contributed by atoms with Gasteiger partial charge in [0.1, 0.15) is 27.9 Å². The number of nitro benzene ring substituents is 2. The number of nitrogens with zero attached hydrogens (tertiary/aromatic N) is 5. The van der Waals surface area contributed by atoms with Crippen LogP contribution in [0.1, 0.15) is 125 Å². The summed E-state index contributed by atoms with van der Waals surface area (Å²) >= 11 is 0. The Morgan fingerprint density at radius 3 is 1.23 bits per heavy atom. The van der Waals surface area contributed by atoms with Gasteiger partial charge in [0, 0.05) is 75.9 Å². The standard InChI is InChI=1S/C27H42N4O8.C22H34N4O6/c1-25(2,3)37-17-20(23(33)38-26(4,5)6)28-22(32)19-16-18(10-11-21(19)31(35)36)29-12-14-30(15-13-29)24(34)39-27(7,8)9;1-21(2,3)31-14-17(20(28)32-22(4,5)6)24-19(27)16-13-15(7-8-18(16)26(29)30)25-11-9-23-10-12-25/h10-11,16,20H,12-15,17H2,1-9H3,(H,28,32);7-8,13,17,23H,9-12,14H2,1-6H3,(H,24,27). The van der Waals surface area contributed by atoms with Crippen LogP contribution >= 0.6 is 0 Å². The number of rotatable bonds is 14. The molecule has 2 aromatic rings. The van der Waals surface area contributed by atoms with Crippen molar-refractivity contribution in [2.24, 2.45) is 0 Å². The summed E-state index contributed by atoms with van der Waals surface area (Å²) in [6.07, 6.45) is -0.406. The Labute approximate surface area is 417 Å². The molecule has 2 saturated heterocycles. The molecular weight excluding hydrogens is 925 g/mol. The molecule has 2 aliphatic heterocycles. The van der Waals surface area contributed by atoms with E-state index in [4.69, 9.17) is 23.7 Å². The van der Waals surface area contributed by atoms with Crippen molar-refractivity contribution in [3.8, 4) is 0 Å². The summed E-state index contributed by atoms with van der Waals surface area (Å²) < 4.78 is 27.7. The molecule has 3 N–H and O–H groups in total. The van der Waals surface area contributed by atoms with Gasteiger partial charge in [0.2, 0.25) is 0 Å². The zero-order valence-corrected chi connectivity index (χ0v) is 44.1. The normalized spacial score (nSPS) is 15.6. The van der Waals surface area contributed by atoms with Gasteiger partial charge in [0.15, 0.2) is 12.1 Å². The molecule has 22 nitrogen and oxygen atoms in total. The summed E-state index contributed by atoms with van der Waals surface area (Å²) in [5.74, 6) is -2.92. The molecule has 2 atom stereocenters. The maximum absolute atomic E-state index is 13.3. The number of piperazine rings is 2. The molecule has 2 unspecified atom stereocenters. The number of amides is 3. The second-order valence-electron chi connectivity index (χ2n) is 22.1. The number of nitro groups is 2. The molecular formula is C49H76N8O14. The van der Waals surface area contributed by atoms with E-state index >= 15 is 0 Å². The zero-order valence-electron chi connectivity index (χ0n) is 44.1. The van der Waals surface area contributed by atoms with Gasteiger partial charge in [0.05, 0.1) is 34.3 Å². The molecule has 2 heterocycles. The highest BCUT2D eigenvalue weighted by Gasteiger charge is 2.34. The minimum absolute atomic E-state index is 0.115. The van der Waals surface area contributed by atoms with Crippen molar-refractivity contribution in [3.05, 3.63) is 67.8 Å². The zero-order chi connectivity index (χ0) is 53.9. The minimum atomic E-state index is -1.18. The molecule has 0 spiro atoms. The molecule has 2 aromatic carbocycles. The van der Waals surface area contributed by atoms with Crippen LogP contribution in [0.4, 0.5) is 27.5 Å². The third kappa shape index (κ3) is 20.6. The molecule has 396 valence electrons. The van der Waals surface area contributed by atoms with Crippen molar-refractivity contribution in [2.45, 2.75) is 144 Å². The van der Waals surface area contributed by atoms with Gasteiger partial charge in [0.25, 0.3) is 23.2 Å². The van der Waals surface area contributed by atoms with Crippen LogP contribution in [-0.2, 0) is 33.3 Å². The Morgan fingerprint density at radius 1 is 0.549 bits per heavy atom. The number of hydrogen-bond donors (Lipinski definition) is 3. The van der Waals surface area contributed by atoms with Crippen molar-refractivity contribution < 1.29 is 57.5 Å². The predicted molar refractivity (Wildman–Crippen MR) is 267 cm³/mol. The maximum Gasteiger partial charge on any atom is 0.410 e. The van der Waals surface area contributed by atoms with E-state index in [1.54, 1.807) is 100 Å². The number of nitrogens with one attached hydrogen (secondary N) is 3. The average molecular weight is 1000 g/mol. The molecule has 4 rings (SSSR count). The SMILES string of the molecule is CC(C)(C)OCC(NC(=O)c1cc(N2CCN(C(=O)OC(C)(C)C)CC2)ccc1[N+](=O)[O-])C(=O)OC(C)(C)C.CC(C)(C)OCC(NC(=O)c1cc(N2CCNCC2)ccc1[N+](=O)[O-])C(=O)OC(C)(C)C. The van der Waals surface area contributed by atoms with Crippen LogP contribution in [0.5, 0.6) is 0 Å². The summed E-state index contributed by atoms with van der Waals surface area (Å²) in [5.41, 5.74) is -3.10. The molecule has 71 heavy (non-hydrogen) atoms. The molecule has 0 bridgehead atoms. The van der Waals surface area contributed by atoms with Gasteiger partial charge in [-0.05, 0) is 128 Å². The van der Waals surface area contributed by atoms with Crippen LogP contribution in [-0.4, -0.2) is 150 Å². The molecule has 0 aliphatic carbocycles.